The van der Waals surface area contributed by atoms with Crippen LogP contribution >= 0.6 is 0 Å². The van der Waals surface area contributed by atoms with E-state index < -0.39 is 0 Å². The van der Waals surface area contributed by atoms with Gasteiger partial charge in [-0.2, -0.15) is 4.57 Å². The highest BCUT2D eigenvalue weighted by molar-refractivity contribution is 5.69. The first-order valence-corrected chi connectivity index (χ1v) is 10.6. The number of aromatic nitrogens is 1. The molecular formula is C25H36N+. The van der Waals surface area contributed by atoms with E-state index in [1.807, 2.05) is 0 Å². The monoisotopic (exact) mass is 350 g/mol. The van der Waals surface area contributed by atoms with Crippen molar-refractivity contribution in [3.05, 3.63) is 53.2 Å². The molecule has 0 radical (unpaired) electrons. The highest BCUT2D eigenvalue weighted by Gasteiger charge is 2.58. The van der Waals surface area contributed by atoms with Crippen molar-refractivity contribution in [1.82, 2.24) is 0 Å². The van der Waals surface area contributed by atoms with Gasteiger partial charge in [-0.1, -0.05) is 52.3 Å². The SMILES string of the molecule is CCCCc1cc[n+]2c(c1C)-c1ccccc1C(C)(CC)C2(CC)CC. The molecule has 0 N–H and O–H groups in total. The molecule has 0 saturated carbocycles. The van der Waals surface area contributed by atoms with Crippen molar-refractivity contribution in [1.29, 1.82) is 0 Å². The molecular weight excluding hydrogens is 314 g/mol. The Balaban J connectivity index is 2.37. The average molecular weight is 351 g/mol. The van der Waals surface area contributed by atoms with Gasteiger partial charge in [-0.3, -0.25) is 0 Å². The van der Waals surface area contributed by atoms with Crippen molar-refractivity contribution in [2.45, 2.75) is 91.0 Å². The van der Waals surface area contributed by atoms with Crippen molar-refractivity contribution in [3.63, 3.8) is 0 Å². The smallest absolute Gasteiger partial charge is 0.192 e. The fourth-order valence-corrected chi connectivity index (χ4v) is 5.60. The highest BCUT2D eigenvalue weighted by Crippen LogP contribution is 2.51. The molecule has 1 aliphatic heterocycles. The van der Waals surface area contributed by atoms with Crippen LogP contribution in [0.3, 0.4) is 0 Å². The Hall–Kier alpha value is -1.63. The minimum absolute atomic E-state index is 0.138. The number of hydrogen-bond acceptors (Lipinski definition) is 0. The highest BCUT2D eigenvalue weighted by atomic mass is 15.1. The predicted octanol–water partition coefficient (Wildman–Crippen LogP) is 6.49. The largest absolute Gasteiger partial charge is 0.216 e. The molecule has 1 aromatic carbocycles. The summed E-state index contributed by atoms with van der Waals surface area (Å²) in [7, 11) is 0. The van der Waals surface area contributed by atoms with Gasteiger partial charge in [-0.15, -0.1) is 0 Å². The summed E-state index contributed by atoms with van der Waals surface area (Å²) in [6, 6.07) is 11.6. The summed E-state index contributed by atoms with van der Waals surface area (Å²) in [5.74, 6) is 0. The Morgan fingerprint density at radius 3 is 2.23 bits per heavy atom. The van der Waals surface area contributed by atoms with Crippen LogP contribution in [0.15, 0.2) is 36.5 Å². The maximum Gasteiger partial charge on any atom is 0.216 e. The molecule has 0 aliphatic carbocycles. The van der Waals surface area contributed by atoms with E-state index in [9.17, 15) is 0 Å². The number of fused-ring (bicyclic) bond motifs is 3. The first-order valence-electron chi connectivity index (χ1n) is 10.6. The summed E-state index contributed by atoms with van der Waals surface area (Å²) >= 11 is 0. The van der Waals surface area contributed by atoms with E-state index in [0.717, 1.165) is 19.3 Å². The summed E-state index contributed by atoms with van der Waals surface area (Å²) in [4.78, 5) is 0. The van der Waals surface area contributed by atoms with E-state index in [-0.39, 0.29) is 11.0 Å². The summed E-state index contributed by atoms with van der Waals surface area (Å²) in [5.41, 5.74) is 7.75. The van der Waals surface area contributed by atoms with Crippen LogP contribution in [0.25, 0.3) is 11.3 Å². The lowest BCUT2D eigenvalue weighted by molar-refractivity contribution is -0.769. The standard InChI is InChI=1S/C25H36N/c1-7-11-14-20-17-18-26-23(19(20)5)21-15-12-13-16-22(21)24(6,8-2)25(26,9-3)10-4/h12-13,15-18H,7-11,14H2,1-6H3/q+1. The Labute approximate surface area is 160 Å². The fraction of sp³-hybridized carbons (Fsp3) is 0.560. The van der Waals surface area contributed by atoms with E-state index in [0.29, 0.717) is 0 Å². The van der Waals surface area contributed by atoms with Gasteiger partial charge in [0.15, 0.2) is 11.7 Å². The van der Waals surface area contributed by atoms with Gasteiger partial charge in [-0.25, -0.2) is 0 Å². The van der Waals surface area contributed by atoms with Gasteiger partial charge in [-0.05, 0) is 50.3 Å². The first kappa shape index (κ1) is 19.1. The van der Waals surface area contributed by atoms with E-state index in [2.05, 4.69) is 82.6 Å². The van der Waals surface area contributed by atoms with Gasteiger partial charge in [0.1, 0.15) is 0 Å². The van der Waals surface area contributed by atoms with Gasteiger partial charge in [0.25, 0.3) is 0 Å². The third kappa shape index (κ3) is 2.47. The molecule has 1 aromatic heterocycles. The van der Waals surface area contributed by atoms with Crippen LogP contribution in [-0.2, 0) is 17.4 Å². The van der Waals surface area contributed by atoms with Crippen LogP contribution in [0.5, 0.6) is 0 Å². The second kappa shape index (κ2) is 7.18. The fourth-order valence-electron chi connectivity index (χ4n) is 5.60. The maximum atomic E-state index is 2.66. The molecule has 1 aliphatic rings. The van der Waals surface area contributed by atoms with Crippen LogP contribution in [0.4, 0.5) is 0 Å². The van der Waals surface area contributed by atoms with Crippen molar-refractivity contribution in [2.75, 3.05) is 0 Å². The summed E-state index contributed by atoms with van der Waals surface area (Å²) in [6.45, 7) is 14.2. The van der Waals surface area contributed by atoms with Crippen LogP contribution in [0.2, 0.25) is 0 Å². The topological polar surface area (TPSA) is 3.88 Å². The molecule has 0 spiro atoms. The number of nitrogens with zero attached hydrogens (tertiary/aromatic N) is 1. The lowest BCUT2D eigenvalue weighted by Crippen LogP contribution is -2.69. The van der Waals surface area contributed by atoms with Crippen LogP contribution < -0.4 is 4.57 Å². The number of hydrogen-bond donors (Lipinski definition) is 0. The van der Waals surface area contributed by atoms with Gasteiger partial charge in [0.2, 0.25) is 5.69 Å². The van der Waals surface area contributed by atoms with E-state index in [4.69, 9.17) is 0 Å². The molecule has 0 bridgehead atoms. The molecule has 0 saturated heterocycles. The Morgan fingerprint density at radius 1 is 0.923 bits per heavy atom. The zero-order valence-electron chi connectivity index (χ0n) is 17.7. The number of rotatable bonds is 6. The molecule has 2 heterocycles. The number of unbranched alkanes of at least 4 members (excludes halogenated alkanes) is 1. The summed E-state index contributed by atoms with van der Waals surface area (Å²) in [5, 5.41) is 0. The maximum absolute atomic E-state index is 2.66. The molecule has 1 unspecified atom stereocenters. The quantitative estimate of drug-likeness (QED) is 0.524. The lowest BCUT2D eigenvalue weighted by atomic mass is 9.58. The zero-order chi connectivity index (χ0) is 18.9. The first-order chi connectivity index (χ1) is 12.5. The third-order valence-electron chi connectivity index (χ3n) is 7.44. The summed E-state index contributed by atoms with van der Waals surface area (Å²) in [6.07, 6.45) is 9.60. The molecule has 1 heteroatoms. The van der Waals surface area contributed by atoms with Gasteiger partial charge >= 0.3 is 0 Å². The van der Waals surface area contributed by atoms with Crippen molar-refractivity contribution < 1.29 is 4.57 Å². The minimum atomic E-state index is 0.138. The molecule has 26 heavy (non-hydrogen) atoms. The number of benzene rings is 1. The zero-order valence-corrected chi connectivity index (χ0v) is 17.7. The Bertz CT molecular complexity index is 785. The average Bonchev–Trinajstić information content (AvgIpc) is 2.68. The van der Waals surface area contributed by atoms with Crippen molar-refractivity contribution in [3.8, 4) is 11.3 Å². The summed E-state index contributed by atoms with van der Waals surface area (Å²) < 4.78 is 2.66. The third-order valence-corrected chi connectivity index (χ3v) is 7.44. The van der Waals surface area contributed by atoms with E-state index >= 15 is 0 Å². The lowest BCUT2D eigenvalue weighted by Gasteiger charge is -2.48. The molecule has 2 aromatic rings. The molecule has 3 rings (SSSR count). The van der Waals surface area contributed by atoms with E-state index in [1.165, 1.54) is 41.6 Å². The Kier molecular flexibility index (Phi) is 5.28. The molecule has 0 fully saturated rings. The second-order valence-corrected chi connectivity index (χ2v) is 8.26. The number of aryl methyl sites for hydroxylation is 1. The normalized spacial score (nSPS) is 20.5. The van der Waals surface area contributed by atoms with Crippen molar-refractivity contribution >= 4 is 0 Å². The van der Waals surface area contributed by atoms with Crippen LogP contribution in [0, 0.1) is 6.92 Å². The Morgan fingerprint density at radius 2 is 1.62 bits per heavy atom. The van der Waals surface area contributed by atoms with Gasteiger partial charge < -0.3 is 0 Å². The molecule has 0 amide bonds. The number of pyridine rings is 1. The predicted molar refractivity (Wildman–Crippen MR) is 112 cm³/mol. The van der Waals surface area contributed by atoms with Crippen LogP contribution in [-0.4, -0.2) is 0 Å². The molecule has 1 nitrogen and oxygen atoms in total. The van der Waals surface area contributed by atoms with Crippen molar-refractivity contribution in [2.24, 2.45) is 0 Å². The second-order valence-electron chi connectivity index (χ2n) is 8.26. The molecule has 1 atom stereocenters. The van der Waals surface area contributed by atoms with E-state index in [1.54, 1.807) is 5.56 Å². The minimum Gasteiger partial charge on any atom is -0.192 e. The van der Waals surface area contributed by atoms with Gasteiger partial charge in [0, 0.05) is 24.5 Å². The van der Waals surface area contributed by atoms with Gasteiger partial charge in [0.05, 0.1) is 11.0 Å². The van der Waals surface area contributed by atoms with Crippen LogP contribution in [0.1, 0.15) is 83.4 Å². The molecule has 140 valence electrons.